The molecule has 1 aromatic carbocycles. The summed E-state index contributed by atoms with van der Waals surface area (Å²) in [5, 5.41) is 11.6. The SMILES string of the molecule is Cc1nc(C#N)cc(NCc2cc(F)ccc2F)n1. The van der Waals surface area contributed by atoms with Crippen molar-refractivity contribution in [2.75, 3.05) is 5.32 Å². The van der Waals surface area contributed by atoms with Gasteiger partial charge >= 0.3 is 0 Å². The number of aryl methyl sites for hydroxylation is 1. The molecule has 19 heavy (non-hydrogen) atoms. The highest BCUT2D eigenvalue weighted by atomic mass is 19.1. The van der Waals surface area contributed by atoms with Crippen molar-refractivity contribution in [3.8, 4) is 6.07 Å². The van der Waals surface area contributed by atoms with Crippen LogP contribution in [0.5, 0.6) is 0 Å². The van der Waals surface area contributed by atoms with E-state index in [-0.39, 0.29) is 17.8 Å². The zero-order valence-electron chi connectivity index (χ0n) is 10.1. The standard InChI is InChI=1S/C13H10F2N4/c1-8-18-11(6-16)5-13(19-8)17-7-9-4-10(14)2-3-12(9)15/h2-5H,7H2,1H3,(H,17,18,19). The summed E-state index contributed by atoms with van der Waals surface area (Å²) in [5.74, 6) is -0.177. The van der Waals surface area contributed by atoms with Gasteiger partial charge in [-0.25, -0.2) is 18.7 Å². The largest absolute Gasteiger partial charge is 0.366 e. The molecule has 0 aliphatic heterocycles. The molecule has 0 saturated heterocycles. The fourth-order valence-corrected chi connectivity index (χ4v) is 1.58. The number of anilines is 1. The van der Waals surface area contributed by atoms with E-state index in [4.69, 9.17) is 5.26 Å². The van der Waals surface area contributed by atoms with Crippen molar-refractivity contribution in [1.82, 2.24) is 9.97 Å². The lowest BCUT2D eigenvalue weighted by Gasteiger charge is -2.07. The zero-order chi connectivity index (χ0) is 13.8. The lowest BCUT2D eigenvalue weighted by molar-refractivity contribution is 0.587. The summed E-state index contributed by atoms with van der Waals surface area (Å²) in [4.78, 5) is 7.95. The number of rotatable bonds is 3. The Morgan fingerprint density at radius 1 is 1.26 bits per heavy atom. The second-order valence-electron chi connectivity index (χ2n) is 3.89. The Hall–Kier alpha value is -2.55. The smallest absolute Gasteiger partial charge is 0.146 e. The molecule has 0 spiro atoms. The molecule has 1 aromatic heterocycles. The number of benzene rings is 1. The van der Waals surface area contributed by atoms with Crippen LogP contribution in [0.4, 0.5) is 14.6 Å². The highest BCUT2D eigenvalue weighted by Crippen LogP contribution is 2.12. The van der Waals surface area contributed by atoms with Crippen LogP contribution in [0.3, 0.4) is 0 Å². The number of hydrogen-bond donors (Lipinski definition) is 1. The van der Waals surface area contributed by atoms with Gasteiger partial charge in [0.15, 0.2) is 0 Å². The summed E-state index contributed by atoms with van der Waals surface area (Å²) in [6.45, 7) is 1.72. The lowest BCUT2D eigenvalue weighted by atomic mass is 10.2. The minimum absolute atomic E-state index is 0.0743. The first-order valence-corrected chi connectivity index (χ1v) is 5.52. The number of halogens is 2. The van der Waals surface area contributed by atoms with Crippen LogP contribution in [0.15, 0.2) is 24.3 Å². The predicted molar refractivity (Wildman–Crippen MR) is 65.2 cm³/mol. The monoisotopic (exact) mass is 260 g/mol. The molecule has 0 aliphatic carbocycles. The van der Waals surface area contributed by atoms with Gasteiger partial charge < -0.3 is 5.32 Å². The maximum Gasteiger partial charge on any atom is 0.146 e. The Morgan fingerprint density at radius 2 is 2.05 bits per heavy atom. The molecule has 2 rings (SSSR count). The maximum atomic E-state index is 13.4. The molecular weight excluding hydrogens is 250 g/mol. The van der Waals surface area contributed by atoms with Crippen LogP contribution < -0.4 is 5.32 Å². The highest BCUT2D eigenvalue weighted by molar-refractivity contribution is 5.40. The first kappa shape index (κ1) is 12.9. The number of hydrogen-bond acceptors (Lipinski definition) is 4. The summed E-state index contributed by atoms with van der Waals surface area (Å²) in [5.41, 5.74) is 0.407. The molecule has 0 bridgehead atoms. The average molecular weight is 260 g/mol. The minimum atomic E-state index is -0.505. The summed E-state index contributed by atoms with van der Waals surface area (Å²) in [7, 11) is 0. The molecule has 0 amide bonds. The van der Waals surface area contributed by atoms with Gasteiger partial charge in [-0.15, -0.1) is 0 Å². The van der Waals surface area contributed by atoms with Gasteiger partial charge in [-0.3, -0.25) is 0 Å². The summed E-state index contributed by atoms with van der Waals surface area (Å²) in [6, 6.07) is 6.59. The van der Waals surface area contributed by atoms with Crippen LogP contribution in [-0.2, 0) is 6.54 Å². The molecule has 0 aliphatic rings. The number of nitriles is 1. The molecule has 1 N–H and O–H groups in total. The normalized spacial score (nSPS) is 10.0. The Kier molecular flexibility index (Phi) is 3.66. The van der Waals surface area contributed by atoms with Gasteiger partial charge in [-0.2, -0.15) is 5.26 Å². The molecule has 0 atom stereocenters. The Bertz CT molecular complexity index is 650. The molecule has 0 fully saturated rings. The second kappa shape index (κ2) is 5.40. The molecular formula is C13H10F2N4. The van der Waals surface area contributed by atoms with E-state index in [2.05, 4.69) is 15.3 Å². The van der Waals surface area contributed by atoms with Crippen LogP contribution in [0.1, 0.15) is 17.1 Å². The molecule has 2 aromatic rings. The van der Waals surface area contributed by atoms with Crippen molar-refractivity contribution in [3.63, 3.8) is 0 Å². The first-order chi connectivity index (χ1) is 9.08. The van der Waals surface area contributed by atoms with Crippen LogP contribution in [0.2, 0.25) is 0 Å². The third kappa shape index (κ3) is 3.22. The topological polar surface area (TPSA) is 61.6 Å². The maximum absolute atomic E-state index is 13.4. The van der Waals surface area contributed by atoms with Crippen molar-refractivity contribution in [1.29, 1.82) is 5.26 Å². The number of aromatic nitrogens is 2. The molecule has 6 heteroatoms. The molecule has 0 saturated carbocycles. The fourth-order valence-electron chi connectivity index (χ4n) is 1.58. The van der Waals surface area contributed by atoms with E-state index in [0.29, 0.717) is 11.6 Å². The van der Waals surface area contributed by atoms with E-state index in [1.807, 2.05) is 6.07 Å². The first-order valence-electron chi connectivity index (χ1n) is 5.52. The second-order valence-corrected chi connectivity index (χ2v) is 3.89. The van der Waals surface area contributed by atoms with Crippen molar-refractivity contribution >= 4 is 5.82 Å². The van der Waals surface area contributed by atoms with Crippen LogP contribution in [-0.4, -0.2) is 9.97 Å². The van der Waals surface area contributed by atoms with E-state index in [9.17, 15) is 8.78 Å². The quantitative estimate of drug-likeness (QED) is 0.921. The predicted octanol–water partition coefficient (Wildman–Crippen LogP) is 2.55. The highest BCUT2D eigenvalue weighted by Gasteiger charge is 2.05. The van der Waals surface area contributed by atoms with Gasteiger partial charge in [0.25, 0.3) is 0 Å². The molecule has 1 heterocycles. The van der Waals surface area contributed by atoms with E-state index in [1.165, 1.54) is 6.07 Å². The molecule has 96 valence electrons. The van der Waals surface area contributed by atoms with Gasteiger partial charge in [0, 0.05) is 18.2 Å². The van der Waals surface area contributed by atoms with Gasteiger partial charge in [0.2, 0.25) is 0 Å². The van der Waals surface area contributed by atoms with Crippen molar-refractivity contribution in [2.24, 2.45) is 0 Å². The molecule has 4 nitrogen and oxygen atoms in total. The Labute approximate surface area is 108 Å². The van der Waals surface area contributed by atoms with Crippen molar-refractivity contribution in [2.45, 2.75) is 13.5 Å². The van der Waals surface area contributed by atoms with Crippen molar-refractivity contribution < 1.29 is 8.78 Å². The van der Waals surface area contributed by atoms with Crippen LogP contribution in [0, 0.1) is 29.9 Å². The summed E-state index contributed by atoms with van der Waals surface area (Å²) in [6.07, 6.45) is 0. The van der Waals surface area contributed by atoms with E-state index in [1.54, 1.807) is 6.92 Å². The Morgan fingerprint density at radius 3 is 2.79 bits per heavy atom. The van der Waals surface area contributed by atoms with Crippen LogP contribution in [0.25, 0.3) is 0 Å². The van der Waals surface area contributed by atoms with Gasteiger partial charge in [0.1, 0.15) is 35.0 Å². The van der Waals surface area contributed by atoms with Gasteiger partial charge in [-0.05, 0) is 25.1 Å². The van der Waals surface area contributed by atoms with Crippen LogP contribution >= 0.6 is 0 Å². The van der Waals surface area contributed by atoms with Gasteiger partial charge in [0.05, 0.1) is 0 Å². The minimum Gasteiger partial charge on any atom is -0.366 e. The summed E-state index contributed by atoms with van der Waals surface area (Å²) < 4.78 is 26.4. The fraction of sp³-hybridized carbons (Fsp3) is 0.154. The molecule has 0 radical (unpaired) electrons. The summed E-state index contributed by atoms with van der Waals surface area (Å²) >= 11 is 0. The molecule has 0 unspecified atom stereocenters. The van der Waals surface area contributed by atoms with Gasteiger partial charge in [-0.1, -0.05) is 0 Å². The van der Waals surface area contributed by atoms with E-state index in [0.717, 1.165) is 18.2 Å². The van der Waals surface area contributed by atoms with E-state index < -0.39 is 11.6 Å². The lowest BCUT2D eigenvalue weighted by Crippen LogP contribution is -2.06. The average Bonchev–Trinajstić information content (AvgIpc) is 2.39. The van der Waals surface area contributed by atoms with Crippen molar-refractivity contribution in [3.05, 3.63) is 53.0 Å². The third-order valence-corrected chi connectivity index (χ3v) is 2.42. The Balaban J connectivity index is 2.17. The van der Waals surface area contributed by atoms with E-state index >= 15 is 0 Å². The number of nitrogens with one attached hydrogen (secondary N) is 1. The third-order valence-electron chi connectivity index (χ3n) is 2.42. The number of nitrogens with zero attached hydrogens (tertiary/aromatic N) is 3. The zero-order valence-corrected chi connectivity index (χ0v) is 10.1.